The zero-order valence-electron chi connectivity index (χ0n) is 18.4. The molecule has 0 aromatic heterocycles. The van der Waals surface area contributed by atoms with E-state index in [1.165, 1.54) is 4.31 Å². The molecule has 2 aromatic carbocycles. The first-order valence-electron chi connectivity index (χ1n) is 10.6. The standard InChI is InChI=1S/C23H31N3O4S/c1-4-30-21-8-10-22(11-9-21)31(28,29)26-14-12-19(13-15-26)23(27)24-17-18-6-5-7-20(16-18)25(2)3/h5-11,16,19H,4,12-15,17H2,1-3H3,(H,24,27). The maximum atomic E-state index is 12.9. The number of hydrogen-bond donors (Lipinski definition) is 1. The lowest BCUT2D eigenvalue weighted by Crippen LogP contribution is -2.42. The summed E-state index contributed by atoms with van der Waals surface area (Å²) >= 11 is 0. The second kappa shape index (κ2) is 10.2. The number of sulfonamides is 1. The largest absolute Gasteiger partial charge is 0.494 e. The molecular weight excluding hydrogens is 414 g/mol. The minimum absolute atomic E-state index is 0.0200. The topological polar surface area (TPSA) is 79.0 Å². The molecule has 0 spiro atoms. The van der Waals surface area contributed by atoms with Gasteiger partial charge in [-0.25, -0.2) is 8.42 Å². The van der Waals surface area contributed by atoms with Crippen LogP contribution >= 0.6 is 0 Å². The van der Waals surface area contributed by atoms with Gasteiger partial charge in [0.25, 0.3) is 0 Å². The van der Waals surface area contributed by atoms with Gasteiger partial charge in [0.05, 0.1) is 11.5 Å². The Labute approximate surface area is 185 Å². The molecule has 0 atom stereocenters. The summed E-state index contributed by atoms with van der Waals surface area (Å²) in [6.45, 7) is 3.55. The average molecular weight is 446 g/mol. The quantitative estimate of drug-likeness (QED) is 0.676. The van der Waals surface area contributed by atoms with Crippen LogP contribution in [0.4, 0.5) is 5.69 Å². The fourth-order valence-electron chi connectivity index (χ4n) is 3.66. The van der Waals surface area contributed by atoms with Crippen LogP contribution in [-0.4, -0.2) is 52.4 Å². The summed E-state index contributed by atoms with van der Waals surface area (Å²) in [6.07, 6.45) is 1.03. The minimum Gasteiger partial charge on any atom is -0.494 e. The Morgan fingerprint density at radius 1 is 1.13 bits per heavy atom. The van der Waals surface area contributed by atoms with Crippen LogP contribution in [0.15, 0.2) is 53.4 Å². The van der Waals surface area contributed by atoms with Crippen molar-refractivity contribution in [3.05, 3.63) is 54.1 Å². The molecule has 3 rings (SSSR count). The number of piperidine rings is 1. The predicted octanol–water partition coefficient (Wildman–Crippen LogP) is 2.87. The normalized spacial score (nSPS) is 15.5. The zero-order valence-corrected chi connectivity index (χ0v) is 19.2. The Balaban J connectivity index is 1.53. The van der Waals surface area contributed by atoms with Crippen LogP contribution in [0.3, 0.4) is 0 Å². The first-order valence-corrected chi connectivity index (χ1v) is 12.0. The van der Waals surface area contributed by atoms with E-state index in [2.05, 4.69) is 5.32 Å². The van der Waals surface area contributed by atoms with Gasteiger partial charge >= 0.3 is 0 Å². The number of hydrogen-bond acceptors (Lipinski definition) is 5. The Hall–Kier alpha value is -2.58. The molecule has 8 heteroatoms. The van der Waals surface area contributed by atoms with Crippen LogP contribution in [0.2, 0.25) is 0 Å². The van der Waals surface area contributed by atoms with Gasteiger partial charge in [-0.05, 0) is 61.7 Å². The molecule has 0 unspecified atom stereocenters. The van der Waals surface area contributed by atoms with E-state index in [4.69, 9.17) is 4.74 Å². The smallest absolute Gasteiger partial charge is 0.243 e. The van der Waals surface area contributed by atoms with Gasteiger partial charge in [-0.3, -0.25) is 4.79 Å². The lowest BCUT2D eigenvalue weighted by molar-refractivity contribution is -0.126. The fourth-order valence-corrected chi connectivity index (χ4v) is 5.13. The molecule has 1 amide bonds. The molecule has 1 heterocycles. The Morgan fingerprint density at radius 3 is 2.42 bits per heavy atom. The molecule has 31 heavy (non-hydrogen) atoms. The lowest BCUT2D eigenvalue weighted by Gasteiger charge is -2.30. The van der Waals surface area contributed by atoms with Gasteiger partial charge in [-0.2, -0.15) is 4.31 Å². The van der Waals surface area contributed by atoms with Crippen LogP contribution in [0.1, 0.15) is 25.3 Å². The van der Waals surface area contributed by atoms with Gasteiger partial charge in [0.15, 0.2) is 0 Å². The molecule has 1 aliphatic heterocycles. The van der Waals surface area contributed by atoms with Crippen molar-refractivity contribution in [1.29, 1.82) is 0 Å². The highest BCUT2D eigenvalue weighted by Crippen LogP contribution is 2.25. The van der Waals surface area contributed by atoms with Crippen LogP contribution in [0.5, 0.6) is 5.75 Å². The molecular formula is C23H31N3O4S. The van der Waals surface area contributed by atoms with Crippen molar-refractivity contribution >= 4 is 21.6 Å². The molecule has 7 nitrogen and oxygen atoms in total. The number of amides is 1. The Morgan fingerprint density at radius 2 is 1.81 bits per heavy atom. The molecule has 2 aromatic rings. The molecule has 0 saturated carbocycles. The van der Waals surface area contributed by atoms with E-state index in [0.717, 1.165) is 11.3 Å². The van der Waals surface area contributed by atoms with Gasteiger partial charge < -0.3 is 15.0 Å². The molecule has 0 aliphatic carbocycles. The average Bonchev–Trinajstić information content (AvgIpc) is 2.78. The van der Waals surface area contributed by atoms with Crippen molar-refractivity contribution in [2.45, 2.75) is 31.2 Å². The first-order chi connectivity index (χ1) is 14.8. The van der Waals surface area contributed by atoms with Crippen LogP contribution in [-0.2, 0) is 21.4 Å². The van der Waals surface area contributed by atoms with Gasteiger partial charge in [-0.1, -0.05) is 12.1 Å². The SMILES string of the molecule is CCOc1ccc(S(=O)(=O)N2CCC(C(=O)NCc3cccc(N(C)C)c3)CC2)cc1. The van der Waals surface area contributed by atoms with Crippen molar-refractivity contribution in [1.82, 2.24) is 9.62 Å². The van der Waals surface area contributed by atoms with E-state index >= 15 is 0 Å². The zero-order chi connectivity index (χ0) is 22.4. The summed E-state index contributed by atoms with van der Waals surface area (Å²) in [5.74, 6) is 0.449. The van der Waals surface area contributed by atoms with Crippen LogP contribution in [0.25, 0.3) is 0 Å². The van der Waals surface area contributed by atoms with E-state index in [0.29, 0.717) is 44.8 Å². The summed E-state index contributed by atoms with van der Waals surface area (Å²) in [5, 5.41) is 3.00. The monoisotopic (exact) mass is 445 g/mol. The van der Waals surface area contributed by atoms with E-state index in [9.17, 15) is 13.2 Å². The third-order valence-electron chi connectivity index (χ3n) is 5.49. The number of ether oxygens (including phenoxy) is 1. The molecule has 168 valence electrons. The second-order valence-electron chi connectivity index (χ2n) is 7.86. The van der Waals surface area contributed by atoms with E-state index in [-0.39, 0.29) is 16.7 Å². The number of nitrogens with zero attached hydrogens (tertiary/aromatic N) is 2. The van der Waals surface area contributed by atoms with E-state index in [1.807, 2.05) is 50.2 Å². The van der Waals surface area contributed by atoms with Crippen molar-refractivity contribution in [3.63, 3.8) is 0 Å². The first kappa shape index (κ1) is 23.1. The highest BCUT2D eigenvalue weighted by Gasteiger charge is 2.32. The van der Waals surface area contributed by atoms with Gasteiger partial charge in [0.2, 0.25) is 15.9 Å². The fraction of sp³-hybridized carbons (Fsp3) is 0.435. The number of carbonyl (C=O) groups excluding carboxylic acids is 1. The number of anilines is 1. The lowest BCUT2D eigenvalue weighted by atomic mass is 9.97. The number of rotatable bonds is 8. The third kappa shape index (κ3) is 5.77. The summed E-state index contributed by atoms with van der Waals surface area (Å²) in [6, 6.07) is 14.5. The number of benzene rings is 2. The minimum atomic E-state index is -3.57. The number of carbonyl (C=O) groups is 1. The van der Waals surface area contributed by atoms with Crippen molar-refractivity contribution in [2.75, 3.05) is 38.7 Å². The Kier molecular flexibility index (Phi) is 7.56. The molecule has 0 radical (unpaired) electrons. The second-order valence-corrected chi connectivity index (χ2v) is 9.80. The number of nitrogens with one attached hydrogen (secondary N) is 1. The van der Waals surface area contributed by atoms with Crippen molar-refractivity contribution in [3.8, 4) is 5.75 Å². The molecule has 1 aliphatic rings. The summed E-state index contributed by atoms with van der Waals surface area (Å²) < 4.78 is 32.7. The molecule has 0 bridgehead atoms. The summed E-state index contributed by atoms with van der Waals surface area (Å²) in [5.41, 5.74) is 2.12. The summed E-state index contributed by atoms with van der Waals surface area (Å²) in [7, 11) is 0.388. The highest BCUT2D eigenvalue weighted by molar-refractivity contribution is 7.89. The predicted molar refractivity (Wildman–Crippen MR) is 122 cm³/mol. The van der Waals surface area contributed by atoms with Gasteiger partial charge in [0, 0.05) is 45.3 Å². The summed E-state index contributed by atoms with van der Waals surface area (Å²) in [4.78, 5) is 14.9. The Bertz CT molecular complexity index is 982. The maximum absolute atomic E-state index is 12.9. The van der Waals surface area contributed by atoms with Gasteiger partial charge in [-0.15, -0.1) is 0 Å². The molecule has 1 fully saturated rings. The maximum Gasteiger partial charge on any atom is 0.243 e. The van der Waals surface area contributed by atoms with E-state index in [1.54, 1.807) is 24.3 Å². The van der Waals surface area contributed by atoms with Crippen LogP contribution < -0.4 is 15.0 Å². The highest BCUT2D eigenvalue weighted by atomic mass is 32.2. The molecule has 1 N–H and O–H groups in total. The van der Waals surface area contributed by atoms with Gasteiger partial charge in [0.1, 0.15) is 5.75 Å². The van der Waals surface area contributed by atoms with Crippen molar-refractivity contribution < 1.29 is 17.9 Å². The molecule has 1 saturated heterocycles. The van der Waals surface area contributed by atoms with E-state index < -0.39 is 10.0 Å². The third-order valence-corrected chi connectivity index (χ3v) is 7.40. The van der Waals surface area contributed by atoms with Crippen molar-refractivity contribution in [2.24, 2.45) is 5.92 Å². The van der Waals surface area contributed by atoms with Crippen LogP contribution in [0, 0.1) is 5.92 Å².